The fourth-order valence-corrected chi connectivity index (χ4v) is 3.71. The number of halogens is 1. The van der Waals surface area contributed by atoms with Gasteiger partial charge in [0.15, 0.2) is 0 Å². The minimum Gasteiger partial charge on any atom is -0.332 e. The maximum atomic E-state index is 12.3. The molecule has 1 aromatic heterocycles. The number of carbonyl (C=O) groups excluding carboxylic acids is 2. The van der Waals surface area contributed by atoms with Crippen molar-refractivity contribution in [3.63, 3.8) is 0 Å². The number of hydrogen-bond acceptors (Lipinski definition) is 5. The highest BCUT2D eigenvalue weighted by Gasteiger charge is 2.16. The first-order valence-electron chi connectivity index (χ1n) is 8.39. The molecule has 1 N–H and O–H groups in total. The third kappa shape index (κ3) is 5.58. The number of benzene rings is 2. The van der Waals surface area contributed by atoms with Crippen LogP contribution in [0.25, 0.3) is 0 Å². The highest BCUT2D eigenvalue weighted by molar-refractivity contribution is 9.11. The average molecular weight is 457 g/mol. The number of hydrogen-bond donors (Lipinski definition) is 1. The summed E-state index contributed by atoms with van der Waals surface area (Å²) in [6, 6.07) is 20.0. The third-order valence-corrected chi connectivity index (χ3v) is 5.31. The molecule has 1 heterocycles. The zero-order chi connectivity index (χ0) is 19.9. The second-order valence-corrected chi connectivity index (χ2v) is 8.36. The lowest BCUT2D eigenvalue weighted by atomic mass is 10.3. The number of likely N-dealkylation sites (N-methyl/N-ethyl adjacent to an activating group) is 1. The standard InChI is InChI=1S/C20H17BrN4O2S/c1-25(20(27)17-11-12-18(21)28-17)13-19(26)22-14-7-9-16(10-8-14)24-23-15-5-3-2-4-6-15/h2-12H,13H2,1H3,(H,22,26). The molecule has 0 aliphatic rings. The van der Waals surface area contributed by atoms with Gasteiger partial charge in [0, 0.05) is 12.7 Å². The van der Waals surface area contributed by atoms with Crippen molar-refractivity contribution in [2.45, 2.75) is 0 Å². The van der Waals surface area contributed by atoms with Gasteiger partial charge < -0.3 is 10.2 Å². The molecule has 6 nitrogen and oxygen atoms in total. The monoisotopic (exact) mass is 456 g/mol. The molecule has 0 unspecified atom stereocenters. The van der Waals surface area contributed by atoms with Crippen LogP contribution < -0.4 is 5.32 Å². The lowest BCUT2D eigenvalue weighted by Gasteiger charge is -2.15. The maximum absolute atomic E-state index is 12.3. The van der Waals surface area contributed by atoms with Gasteiger partial charge in [-0.05, 0) is 64.5 Å². The van der Waals surface area contributed by atoms with Crippen molar-refractivity contribution in [3.05, 3.63) is 75.4 Å². The van der Waals surface area contributed by atoms with Gasteiger partial charge >= 0.3 is 0 Å². The molecule has 0 aliphatic heterocycles. The molecule has 142 valence electrons. The summed E-state index contributed by atoms with van der Waals surface area (Å²) in [7, 11) is 1.60. The van der Waals surface area contributed by atoms with Crippen LogP contribution in [0.5, 0.6) is 0 Å². The van der Waals surface area contributed by atoms with Crippen LogP contribution in [-0.4, -0.2) is 30.3 Å². The van der Waals surface area contributed by atoms with Gasteiger partial charge in [-0.15, -0.1) is 11.3 Å². The number of nitrogens with one attached hydrogen (secondary N) is 1. The van der Waals surface area contributed by atoms with Crippen molar-refractivity contribution in [1.82, 2.24) is 4.90 Å². The molecule has 0 spiro atoms. The molecular formula is C20H17BrN4O2S. The van der Waals surface area contributed by atoms with Crippen LogP contribution in [0.4, 0.5) is 17.1 Å². The minimum absolute atomic E-state index is 0.0379. The van der Waals surface area contributed by atoms with Crippen LogP contribution >= 0.6 is 27.3 Å². The largest absolute Gasteiger partial charge is 0.332 e. The van der Waals surface area contributed by atoms with Gasteiger partial charge in [0.1, 0.15) is 0 Å². The number of carbonyl (C=O) groups is 2. The van der Waals surface area contributed by atoms with E-state index < -0.39 is 0 Å². The smallest absolute Gasteiger partial charge is 0.264 e. The van der Waals surface area contributed by atoms with Gasteiger partial charge in [0.2, 0.25) is 5.91 Å². The lowest BCUT2D eigenvalue weighted by molar-refractivity contribution is -0.116. The quantitative estimate of drug-likeness (QED) is 0.487. The number of nitrogens with zero attached hydrogens (tertiary/aromatic N) is 3. The van der Waals surface area contributed by atoms with E-state index in [1.807, 2.05) is 36.4 Å². The van der Waals surface area contributed by atoms with E-state index in [2.05, 4.69) is 31.5 Å². The van der Waals surface area contributed by atoms with Gasteiger partial charge in [-0.3, -0.25) is 9.59 Å². The van der Waals surface area contributed by atoms with E-state index in [1.165, 1.54) is 16.2 Å². The van der Waals surface area contributed by atoms with E-state index in [-0.39, 0.29) is 18.4 Å². The lowest BCUT2D eigenvalue weighted by Crippen LogP contribution is -2.34. The van der Waals surface area contributed by atoms with Crippen molar-refractivity contribution in [2.75, 3.05) is 18.9 Å². The molecule has 0 atom stereocenters. The Labute approximate surface area is 175 Å². The summed E-state index contributed by atoms with van der Waals surface area (Å²) in [5.74, 6) is -0.465. The fourth-order valence-electron chi connectivity index (χ4n) is 2.33. The van der Waals surface area contributed by atoms with Crippen molar-refractivity contribution >= 4 is 56.1 Å². The number of amides is 2. The van der Waals surface area contributed by atoms with Crippen LogP contribution in [0, 0.1) is 0 Å². The Bertz CT molecular complexity index is 987. The normalized spacial score (nSPS) is 10.8. The van der Waals surface area contributed by atoms with E-state index in [0.717, 1.165) is 9.47 Å². The van der Waals surface area contributed by atoms with E-state index in [9.17, 15) is 9.59 Å². The first-order chi connectivity index (χ1) is 13.5. The molecule has 2 amide bonds. The second kappa shape index (κ2) is 9.38. The molecular weight excluding hydrogens is 440 g/mol. The van der Waals surface area contributed by atoms with Crippen molar-refractivity contribution < 1.29 is 9.59 Å². The van der Waals surface area contributed by atoms with Gasteiger partial charge in [-0.1, -0.05) is 18.2 Å². The average Bonchev–Trinajstić information content (AvgIpc) is 3.14. The van der Waals surface area contributed by atoms with E-state index in [1.54, 1.807) is 37.4 Å². The van der Waals surface area contributed by atoms with Crippen molar-refractivity contribution in [2.24, 2.45) is 10.2 Å². The van der Waals surface area contributed by atoms with E-state index in [0.29, 0.717) is 16.3 Å². The SMILES string of the molecule is CN(CC(=O)Nc1ccc(N=Nc2ccccc2)cc1)C(=O)c1ccc(Br)s1. The van der Waals surface area contributed by atoms with Crippen LogP contribution in [0.1, 0.15) is 9.67 Å². The summed E-state index contributed by atoms with van der Waals surface area (Å²) in [6.45, 7) is -0.0379. The summed E-state index contributed by atoms with van der Waals surface area (Å²) in [4.78, 5) is 26.5. The zero-order valence-electron chi connectivity index (χ0n) is 15.0. The molecule has 0 saturated heterocycles. The van der Waals surface area contributed by atoms with Gasteiger partial charge in [-0.25, -0.2) is 0 Å². The molecule has 0 bridgehead atoms. The van der Waals surface area contributed by atoms with Gasteiger partial charge in [-0.2, -0.15) is 10.2 Å². The Morgan fingerprint density at radius 1 is 0.964 bits per heavy atom. The first-order valence-corrected chi connectivity index (χ1v) is 10.00. The van der Waals surface area contributed by atoms with Crippen molar-refractivity contribution in [1.29, 1.82) is 0 Å². The molecule has 2 aromatic carbocycles. The Morgan fingerprint density at radius 3 is 2.21 bits per heavy atom. The predicted molar refractivity (Wildman–Crippen MR) is 115 cm³/mol. The Morgan fingerprint density at radius 2 is 1.61 bits per heavy atom. The Hall–Kier alpha value is -2.84. The summed E-state index contributed by atoms with van der Waals surface area (Å²) >= 11 is 4.66. The third-order valence-electron chi connectivity index (χ3n) is 3.70. The first kappa shape index (κ1) is 19.9. The maximum Gasteiger partial charge on any atom is 0.264 e. The highest BCUT2D eigenvalue weighted by Crippen LogP contribution is 2.23. The molecule has 8 heteroatoms. The van der Waals surface area contributed by atoms with Crippen LogP contribution in [0.2, 0.25) is 0 Å². The Kier molecular flexibility index (Phi) is 6.67. The highest BCUT2D eigenvalue weighted by atomic mass is 79.9. The van der Waals surface area contributed by atoms with Gasteiger partial charge in [0.25, 0.3) is 5.91 Å². The molecule has 0 fully saturated rings. The molecule has 3 rings (SSSR count). The van der Waals surface area contributed by atoms with E-state index >= 15 is 0 Å². The van der Waals surface area contributed by atoms with Crippen LogP contribution in [0.3, 0.4) is 0 Å². The zero-order valence-corrected chi connectivity index (χ0v) is 17.4. The summed E-state index contributed by atoms with van der Waals surface area (Å²) in [5, 5.41) is 11.1. The van der Waals surface area contributed by atoms with Crippen LogP contribution in [-0.2, 0) is 4.79 Å². The van der Waals surface area contributed by atoms with Crippen LogP contribution in [0.15, 0.2) is 80.7 Å². The molecule has 0 saturated carbocycles. The second-order valence-electron chi connectivity index (χ2n) is 5.90. The summed E-state index contributed by atoms with van der Waals surface area (Å²) in [6.07, 6.45) is 0. The number of thiophene rings is 1. The molecule has 3 aromatic rings. The molecule has 28 heavy (non-hydrogen) atoms. The summed E-state index contributed by atoms with van der Waals surface area (Å²) < 4.78 is 0.873. The molecule has 0 radical (unpaired) electrons. The summed E-state index contributed by atoms with van der Waals surface area (Å²) in [5.41, 5.74) is 2.08. The Balaban J connectivity index is 1.54. The topological polar surface area (TPSA) is 74.1 Å². The number of rotatable bonds is 6. The van der Waals surface area contributed by atoms with Gasteiger partial charge in [0.05, 0.1) is 26.6 Å². The van der Waals surface area contributed by atoms with E-state index in [4.69, 9.17) is 0 Å². The predicted octanol–water partition coefficient (Wildman–Crippen LogP) is 5.64. The van der Waals surface area contributed by atoms with Crippen molar-refractivity contribution in [3.8, 4) is 0 Å². The molecule has 0 aliphatic carbocycles. The number of anilines is 1. The fraction of sp³-hybridized carbons (Fsp3) is 0.100. The number of azo groups is 1. The minimum atomic E-state index is -0.273.